The molecule has 168 valence electrons. The third kappa shape index (κ3) is 5.29. The summed E-state index contributed by atoms with van der Waals surface area (Å²) in [4.78, 5) is 32.6. The van der Waals surface area contributed by atoms with Crippen LogP contribution in [0.5, 0.6) is 0 Å². The van der Waals surface area contributed by atoms with Crippen molar-refractivity contribution in [1.29, 1.82) is 0 Å². The summed E-state index contributed by atoms with van der Waals surface area (Å²) in [6.07, 6.45) is 0. The number of H-pyrrole nitrogens is 1. The number of aromatic amines is 1. The van der Waals surface area contributed by atoms with Gasteiger partial charge in [-0.2, -0.15) is 0 Å². The van der Waals surface area contributed by atoms with Crippen LogP contribution in [0.25, 0.3) is 22.2 Å². The van der Waals surface area contributed by atoms with Gasteiger partial charge < -0.3 is 10.3 Å². The van der Waals surface area contributed by atoms with Crippen molar-refractivity contribution in [3.63, 3.8) is 0 Å². The van der Waals surface area contributed by atoms with Crippen molar-refractivity contribution in [1.82, 2.24) is 15.3 Å². The molecule has 33 heavy (non-hydrogen) atoms. The van der Waals surface area contributed by atoms with Gasteiger partial charge in [0.1, 0.15) is 0 Å². The first kappa shape index (κ1) is 22.3. The first-order valence-corrected chi connectivity index (χ1v) is 10.9. The van der Waals surface area contributed by atoms with Gasteiger partial charge >= 0.3 is 0 Å². The van der Waals surface area contributed by atoms with Crippen molar-refractivity contribution in [2.24, 2.45) is 5.41 Å². The second kappa shape index (κ2) is 8.90. The minimum Gasteiger partial charge on any atom is -0.348 e. The number of nitrogens with one attached hydrogen (secondary N) is 3. The summed E-state index contributed by atoms with van der Waals surface area (Å²) in [6, 6.07) is 21.5. The fraction of sp³-hybridized carbons (Fsp3) is 0.222. The van der Waals surface area contributed by atoms with Crippen LogP contribution in [0.3, 0.4) is 0 Å². The monoisotopic (exact) mass is 440 g/mol. The van der Waals surface area contributed by atoms with Gasteiger partial charge in [-0.1, -0.05) is 68.8 Å². The number of carbonyl (C=O) groups excluding carboxylic acids is 2. The van der Waals surface area contributed by atoms with E-state index in [4.69, 9.17) is 0 Å². The van der Waals surface area contributed by atoms with E-state index in [1.54, 1.807) is 0 Å². The van der Waals surface area contributed by atoms with Gasteiger partial charge in [0, 0.05) is 17.5 Å². The second-order valence-corrected chi connectivity index (χ2v) is 9.27. The van der Waals surface area contributed by atoms with Crippen LogP contribution in [-0.2, 0) is 11.3 Å². The van der Waals surface area contributed by atoms with Crippen molar-refractivity contribution in [2.75, 3.05) is 5.32 Å². The van der Waals surface area contributed by atoms with E-state index in [2.05, 4.69) is 20.6 Å². The van der Waals surface area contributed by atoms with E-state index >= 15 is 0 Å². The number of anilines is 1. The maximum atomic E-state index is 12.7. The summed E-state index contributed by atoms with van der Waals surface area (Å²) >= 11 is 0. The molecule has 0 aliphatic carbocycles. The quantitative estimate of drug-likeness (QED) is 0.385. The highest BCUT2D eigenvalue weighted by atomic mass is 16.2. The van der Waals surface area contributed by atoms with Crippen LogP contribution in [0.2, 0.25) is 0 Å². The number of amides is 2. The fourth-order valence-electron chi connectivity index (χ4n) is 3.37. The molecule has 0 bridgehead atoms. The molecule has 4 aromatic rings. The lowest BCUT2D eigenvalue weighted by Crippen LogP contribution is -2.28. The number of hydrogen-bond acceptors (Lipinski definition) is 3. The minimum absolute atomic E-state index is 0.105. The third-order valence-electron chi connectivity index (χ3n) is 5.43. The molecule has 0 saturated heterocycles. The molecule has 0 atom stereocenters. The van der Waals surface area contributed by atoms with Gasteiger partial charge in [-0.3, -0.25) is 14.9 Å². The van der Waals surface area contributed by atoms with E-state index < -0.39 is 5.41 Å². The molecule has 1 heterocycles. The van der Waals surface area contributed by atoms with Crippen molar-refractivity contribution >= 4 is 28.8 Å². The Labute approximate surface area is 193 Å². The van der Waals surface area contributed by atoms with E-state index in [1.807, 2.05) is 94.4 Å². The summed E-state index contributed by atoms with van der Waals surface area (Å²) in [5, 5.41) is 5.81. The summed E-state index contributed by atoms with van der Waals surface area (Å²) < 4.78 is 0. The average molecular weight is 441 g/mol. The summed E-state index contributed by atoms with van der Waals surface area (Å²) in [6.45, 7) is 8.08. The molecule has 1 aromatic heterocycles. The Morgan fingerprint density at radius 3 is 2.39 bits per heavy atom. The Morgan fingerprint density at radius 2 is 1.67 bits per heavy atom. The molecule has 0 fully saturated rings. The molecular formula is C27H28N4O2. The van der Waals surface area contributed by atoms with Gasteiger partial charge in [-0.15, -0.1) is 0 Å². The lowest BCUT2D eigenvalue weighted by Gasteiger charge is -2.15. The molecule has 0 unspecified atom stereocenters. The zero-order chi connectivity index (χ0) is 23.6. The molecule has 0 aliphatic rings. The fourth-order valence-corrected chi connectivity index (χ4v) is 3.37. The number of aromatic nitrogens is 2. The number of imidazole rings is 1. The normalized spacial score (nSPS) is 11.4. The van der Waals surface area contributed by atoms with Gasteiger partial charge in [-0.05, 0) is 47.9 Å². The first-order chi connectivity index (χ1) is 15.7. The van der Waals surface area contributed by atoms with Crippen LogP contribution in [0.4, 0.5) is 5.95 Å². The van der Waals surface area contributed by atoms with E-state index in [0.717, 1.165) is 27.7 Å². The van der Waals surface area contributed by atoms with Crippen molar-refractivity contribution in [3.8, 4) is 11.1 Å². The SMILES string of the molecule is Cc1ccc(CNC(=O)c2cccc(-c3ccc4nc(NC(=O)C(C)(C)C)[nH]c4c3)c2)cc1. The number of rotatable bonds is 5. The Morgan fingerprint density at radius 1 is 0.939 bits per heavy atom. The second-order valence-electron chi connectivity index (χ2n) is 9.27. The number of hydrogen-bond donors (Lipinski definition) is 3. The number of nitrogens with zero attached hydrogens (tertiary/aromatic N) is 1. The molecule has 6 heteroatoms. The van der Waals surface area contributed by atoms with Crippen molar-refractivity contribution < 1.29 is 9.59 Å². The summed E-state index contributed by atoms with van der Waals surface area (Å²) in [7, 11) is 0. The Balaban J connectivity index is 1.51. The van der Waals surface area contributed by atoms with E-state index in [-0.39, 0.29) is 11.8 Å². The number of fused-ring (bicyclic) bond motifs is 1. The molecule has 0 radical (unpaired) electrons. The highest BCUT2D eigenvalue weighted by Crippen LogP contribution is 2.26. The third-order valence-corrected chi connectivity index (χ3v) is 5.43. The molecule has 0 saturated carbocycles. The highest BCUT2D eigenvalue weighted by molar-refractivity contribution is 5.96. The number of benzene rings is 3. The van der Waals surface area contributed by atoms with Crippen LogP contribution in [0, 0.1) is 12.3 Å². The molecule has 0 spiro atoms. The van der Waals surface area contributed by atoms with Crippen LogP contribution in [0.1, 0.15) is 42.3 Å². The topological polar surface area (TPSA) is 86.9 Å². The molecule has 6 nitrogen and oxygen atoms in total. The standard InChI is InChI=1S/C27H28N4O2/c1-17-8-10-18(11-9-17)16-28-24(32)21-7-5-6-19(14-21)20-12-13-22-23(15-20)30-26(29-22)31-25(33)27(2,3)4/h5-15H,16H2,1-4H3,(H,28,32)(H2,29,30,31,33). The molecule has 3 aromatic carbocycles. The van der Waals surface area contributed by atoms with Crippen LogP contribution in [0.15, 0.2) is 66.7 Å². The first-order valence-electron chi connectivity index (χ1n) is 10.9. The summed E-state index contributed by atoms with van der Waals surface area (Å²) in [5.74, 6) is 0.199. The highest BCUT2D eigenvalue weighted by Gasteiger charge is 2.22. The van der Waals surface area contributed by atoms with Crippen molar-refractivity contribution in [3.05, 3.63) is 83.4 Å². The zero-order valence-corrected chi connectivity index (χ0v) is 19.3. The smallest absolute Gasteiger partial charge is 0.251 e. The molecule has 2 amide bonds. The largest absolute Gasteiger partial charge is 0.348 e. The van der Waals surface area contributed by atoms with E-state index in [9.17, 15) is 9.59 Å². The van der Waals surface area contributed by atoms with Gasteiger partial charge in [0.2, 0.25) is 11.9 Å². The Hall–Kier alpha value is -3.93. The maximum Gasteiger partial charge on any atom is 0.251 e. The van der Waals surface area contributed by atoms with Gasteiger partial charge in [0.15, 0.2) is 0 Å². The average Bonchev–Trinajstić information content (AvgIpc) is 3.19. The molecule has 0 aliphatic heterocycles. The van der Waals surface area contributed by atoms with Crippen LogP contribution >= 0.6 is 0 Å². The van der Waals surface area contributed by atoms with E-state index in [1.165, 1.54) is 5.56 Å². The Kier molecular flexibility index (Phi) is 6.01. The zero-order valence-electron chi connectivity index (χ0n) is 19.3. The van der Waals surface area contributed by atoms with Crippen LogP contribution < -0.4 is 10.6 Å². The predicted octanol–water partition coefficient (Wildman–Crippen LogP) is 5.45. The lowest BCUT2D eigenvalue weighted by molar-refractivity contribution is -0.123. The molecule has 3 N–H and O–H groups in total. The van der Waals surface area contributed by atoms with Crippen molar-refractivity contribution in [2.45, 2.75) is 34.2 Å². The molecular weight excluding hydrogens is 412 g/mol. The minimum atomic E-state index is -0.509. The lowest BCUT2D eigenvalue weighted by atomic mass is 9.96. The number of carbonyl (C=O) groups is 2. The van der Waals surface area contributed by atoms with Crippen LogP contribution in [-0.4, -0.2) is 21.8 Å². The molecule has 4 rings (SSSR count). The van der Waals surface area contributed by atoms with Gasteiger partial charge in [0.05, 0.1) is 11.0 Å². The van der Waals surface area contributed by atoms with Gasteiger partial charge in [0.25, 0.3) is 5.91 Å². The summed E-state index contributed by atoms with van der Waals surface area (Å²) in [5.41, 5.74) is 5.79. The predicted molar refractivity (Wildman–Crippen MR) is 132 cm³/mol. The van der Waals surface area contributed by atoms with E-state index in [0.29, 0.717) is 18.1 Å². The van der Waals surface area contributed by atoms with Gasteiger partial charge in [-0.25, -0.2) is 4.98 Å². The number of aryl methyl sites for hydroxylation is 1. The maximum absolute atomic E-state index is 12.7. The Bertz CT molecular complexity index is 1310.